The number of nitrogens with zero attached hydrogens (tertiary/aromatic N) is 2. The predicted octanol–water partition coefficient (Wildman–Crippen LogP) is 4.82. The van der Waals surface area contributed by atoms with Gasteiger partial charge in [-0.2, -0.15) is 0 Å². The number of thioether (sulfide) groups is 1. The zero-order chi connectivity index (χ0) is 21.8. The van der Waals surface area contributed by atoms with Gasteiger partial charge in [-0.25, -0.2) is 9.37 Å². The van der Waals surface area contributed by atoms with Crippen molar-refractivity contribution in [1.29, 1.82) is 0 Å². The average Bonchev–Trinajstić information content (AvgIpc) is 2.79. The van der Waals surface area contributed by atoms with Crippen LogP contribution in [-0.4, -0.2) is 21.2 Å². The number of benzene rings is 3. The molecule has 156 valence electrons. The van der Waals surface area contributed by atoms with E-state index in [1.807, 2.05) is 24.3 Å². The first-order valence-electron chi connectivity index (χ1n) is 9.85. The Labute approximate surface area is 182 Å². The molecule has 31 heavy (non-hydrogen) atoms. The Morgan fingerprint density at radius 1 is 1.03 bits per heavy atom. The molecule has 0 bridgehead atoms. The molecule has 0 aliphatic rings. The zero-order valence-electron chi connectivity index (χ0n) is 16.8. The van der Waals surface area contributed by atoms with E-state index in [1.54, 1.807) is 36.4 Å². The van der Waals surface area contributed by atoms with E-state index in [4.69, 9.17) is 0 Å². The summed E-state index contributed by atoms with van der Waals surface area (Å²) >= 11 is 1.09. The summed E-state index contributed by atoms with van der Waals surface area (Å²) in [5.74, 6) is -0.755. The van der Waals surface area contributed by atoms with Crippen LogP contribution in [0.2, 0.25) is 0 Å². The summed E-state index contributed by atoms with van der Waals surface area (Å²) in [5, 5.41) is 3.48. The van der Waals surface area contributed by atoms with Crippen LogP contribution in [0.3, 0.4) is 0 Å². The van der Waals surface area contributed by atoms with Gasteiger partial charge in [0.2, 0.25) is 5.91 Å². The number of aromatic nitrogens is 2. The highest BCUT2D eigenvalue weighted by Gasteiger charge is 2.17. The van der Waals surface area contributed by atoms with E-state index >= 15 is 0 Å². The lowest BCUT2D eigenvalue weighted by molar-refractivity contribution is -0.113. The molecule has 1 N–H and O–H groups in total. The fourth-order valence-corrected chi connectivity index (χ4v) is 4.01. The van der Waals surface area contributed by atoms with Gasteiger partial charge in [0, 0.05) is 5.69 Å². The average molecular weight is 434 g/mol. The number of carbonyl (C=O) groups is 1. The lowest BCUT2D eigenvalue weighted by Crippen LogP contribution is -2.23. The second-order valence-electron chi connectivity index (χ2n) is 6.89. The topological polar surface area (TPSA) is 64.0 Å². The number of amides is 1. The summed E-state index contributed by atoms with van der Waals surface area (Å²) in [7, 11) is 0. The third kappa shape index (κ3) is 4.51. The quantitative estimate of drug-likeness (QED) is 0.350. The van der Waals surface area contributed by atoms with Crippen molar-refractivity contribution in [3.8, 4) is 5.69 Å². The molecule has 0 aliphatic heterocycles. The highest BCUT2D eigenvalue weighted by Crippen LogP contribution is 2.23. The van der Waals surface area contributed by atoms with Crippen LogP contribution >= 0.6 is 11.8 Å². The molecule has 0 fully saturated rings. The number of anilines is 1. The predicted molar refractivity (Wildman–Crippen MR) is 122 cm³/mol. The molecule has 0 aliphatic carbocycles. The van der Waals surface area contributed by atoms with Crippen molar-refractivity contribution in [2.45, 2.75) is 18.5 Å². The first-order valence-corrected chi connectivity index (χ1v) is 10.8. The van der Waals surface area contributed by atoms with Gasteiger partial charge in [-0.1, -0.05) is 55.1 Å². The Hall–Kier alpha value is -3.45. The van der Waals surface area contributed by atoms with Crippen LogP contribution in [0.25, 0.3) is 16.6 Å². The van der Waals surface area contributed by atoms with Crippen LogP contribution in [0.1, 0.15) is 12.5 Å². The summed E-state index contributed by atoms with van der Waals surface area (Å²) in [6.07, 6.45) is 0.922. The molecule has 0 atom stereocenters. The van der Waals surface area contributed by atoms with Crippen molar-refractivity contribution in [2.75, 3.05) is 11.1 Å². The normalized spacial score (nSPS) is 10.9. The summed E-state index contributed by atoms with van der Waals surface area (Å²) in [5.41, 5.74) is 2.10. The van der Waals surface area contributed by atoms with Crippen molar-refractivity contribution in [1.82, 2.24) is 9.55 Å². The molecule has 0 radical (unpaired) electrons. The van der Waals surface area contributed by atoms with Crippen LogP contribution in [0.15, 0.2) is 82.7 Å². The standard InChI is InChI=1S/C24H20FN3O2S/c1-2-16-11-13-17(14-12-16)26-22(29)15-31-24-27-20-9-5-3-7-18(20)23(30)28(24)21-10-6-4-8-19(21)25/h3-14H,2,15H2,1H3,(H,26,29). The van der Waals surface area contributed by atoms with Crippen molar-refractivity contribution in [3.63, 3.8) is 0 Å². The number of fused-ring (bicyclic) bond motifs is 1. The van der Waals surface area contributed by atoms with Crippen LogP contribution < -0.4 is 10.9 Å². The maximum Gasteiger partial charge on any atom is 0.266 e. The van der Waals surface area contributed by atoms with Gasteiger partial charge in [-0.3, -0.25) is 14.2 Å². The van der Waals surface area contributed by atoms with E-state index in [-0.39, 0.29) is 28.1 Å². The van der Waals surface area contributed by atoms with Gasteiger partial charge in [-0.15, -0.1) is 0 Å². The third-order valence-corrected chi connectivity index (χ3v) is 5.76. The van der Waals surface area contributed by atoms with E-state index < -0.39 is 5.82 Å². The molecule has 4 rings (SSSR count). The van der Waals surface area contributed by atoms with Gasteiger partial charge >= 0.3 is 0 Å². The Morgan fingerprint density at radius 2 is 1.74 bits per heavy atom. The zero-order valence-corrected chi connectivity index (χ0v) is 17.7. The number of para-hydroxylation sites is 2. The molecule has 0 unspecified atom stereocenters. The van der Waals surface area contributed by atoms with Crippen molar-refractivity contribution in [3.05, 3.63) is 94.5 Å². The van der Waals surface area contributed by atoms with Gasteiger partial charge in [0.15, 0.2) is 5.16 Å². The lowest BCUT2D eigenvalue weighted by atomic mass is 10.1. The minimum absolute atomic E-state index is 0.0226. The highest BCUT2D eigenvalue weighted by atomic mass is 32.2. The smallest absolute Gasteiger partial charge is 0.266 e. The van der Waals surface area contributed by atoms with Crippen molar-refractivity contribution in [2.24, 2.45) is 0 Å². The fourth-order valence-electron chi connectivity index (χ4n) is 3.21. The minimum Gasteiger partial charge on any atom is -0.325 e. The molecular weight excluding hydrogens is 413 g/mol. The largest absolute Gasteiger partial charge is 0.325 e. The molecule has 1 amide bonds. The van der Waals surface area contributed by atoms with Crippen molar-refractivity contribution < 1.29 is 9.18 Å². The molecule has 3 aromatic carbocycles. The van der Waals surface area contributed by atoms with Gasteiger partial charge in [0.25, 0.3) is 5.56 Å². The number of halogens is 1. The summed E-state index contributed by atoms with van der Waals surface area (Å²) in [6, 6.07) is 20.5. The Morgan fingerprint density at radius 3 is 2.48 bits per heavy atom. The lowest BCUT2D eigenvalue weighted by Gasteiger charge is -2.14. The molecule has 1 heterocycles. The Kier molecular flexibility index (Phi) is 6.13. The van der Waals surface area contributed by atoms with Crippen molar-refractivity contribution >= 4 is 34.3 Å². The molecule has 5 nitrogen and oxygen atoms in total. The summed E-state index contributed by atoms with van der Waals surface area (Å²) in [6.45, 7) is 2.07. The van der Waals surface area contributed by atoms with Crippen LogP contribution in [0.4, 0.5) is 10.1 Å². The van der Waals surface area contributed by atoms with Crippen LogP contribution in [0, 0.1) is 5.82 Å². The molecule has 7 heteroatoms. The number of nitrogens with one attached hydrogen (secondary N) is 1. The molecule has 0 saturated carbocycles. The van der Waals surface area contributed by atoms with Gasteiger partial charge in [-0.05, 0) is 48.4 Å². The van der Waals surface area contributed by atoms with E-state index in [1.165, 1.54) is 22.3 Å². The number of hydrogen-bond donors (Lipinski definition) is 1. The van der Waals surface area contributed by atoms with E-state index in [2.05, 4.69) is 17.2 Å². The molecule has 0 saturated heterocycles. The second kappa shape index (κ2) is 9.14. The molecule has 1 aromatic heterocycles. The Balaban J connectivity index is 1.64. The highest BCUT2D eigenvalue weighted by molar-refractivity contribution is 7.99. The molecular formula is C24H20FN3O2S. The number of carbonyl (C=O) groups excluding carboxylic acids is 1. The van der Waals surface area contributed by atoms with Crippen LogP contribution in [0.5, 0.6) is 0 Å². The summed E-state index contributed by atoms with van der Waals surface area (Å²) < 4.78 is 15.7. The van der Waals surface area contributed by atoms with Gasteiger partial charge < -0.3 is 5.32 Å². The summed E-state index contributed by atoms with van der Waals surface area (Å²) in [4.78, 5) is 30.2. The molecule has 4 aromatic rings. The van der Waals surface area contributed by atoms with Crippen LogP contribution in [-0.2, 0) is 11.2 Å². The Bertz CT molecular complexity index is 1300. The van der Waals surface area contributed by atoms with Gasteiger partial charge in [0.1, 0.15) is 5.82 Å². The number of rotatable bonds is 6. The third-order valence-electron chi connectivity index (χ3n) is 4.82. The number of hydrogen-bond acceptors (Lipinski definition) is 4. The second-order valence-corrected chi connectivity index (χ2v) is 7.83. The maximum atomic E-state index is 14.5. The SMILES string of the molecule is CCc1ccc(NC(=O)CSc2nc3ccccc3c(=O)n2-c2ccccc2F)cc1. The number of aryl methyl sites for hydroxylation is 1. The maximum absolute atomic E-state index is 14.5. The molecule has 0 spiro atoms. The van der Waals surface area contributed by atoms with E-state index in [9.17, 15) is 14.0 Å². The van der Waals surface area contributed by atoms with Gasteiger partial charge in [0.05, 0.1) is 22.3 Å². The van der Waals surface area contributed by atoms with E-state index in [0.29, 0.717) is 16.6 Å². The first kappa shape index (κ1) is 20.8. The minimum atomic E-state index is -0.538. The monoisotopic (exact) mass is 433 g/mol. The fraction of sp³-hybridized carbons (Fsp3) is 0.125. The van der Waals surface area contributed by atoms with E-state index in [0.717, 1.165) is 18.2 Å². The first-order chi connectivity index (χ1) is 15.1.